The first-order valence-electron chi connectivity index (χ1n) is 11.6. The van der Waals surface area contributed by atoms with Gasteiger partial charge in [0.1, 0.15) is 6.10 Å². The summed E-state index contributed by atoms with van der Waals surface area (Å²) in [6.45, 7) is 10.1. The molecule has 2 heterocycles. The van der Waals surface area contributed by atoms with E-state index in [1.54, 1.807) is 13.2 Å². The molecule has 0 radical (unpaired) electrons. The van der Waals surface area contributed by atoms with Crippen molar-refractivity contribution in [3.63, 3.8) is 0 Å². The molecule has 190 valence electrons. The van der Waals surface area contributed by atoms with Crippen molar-refractivity contribution in [2.24, 2.45) is 5.92 Å². The van der Waals surface area contributed by atoms with E-state index in [0.29, 0.717) is 34.5 Å². The number of rotatable bonds is 10. The molecule has 2 aromatic rings. The second kappa shape index (κ2) is 11.3. The molecule has 35 heavy (non-hydrogen) atoms. The number of nitroso groups, excluding NO2 is 1. The molecule has 3 rings (SSSR count). The molecule has 0 fully saturated rings. The number of carbonyl (C=O) groups excluding carboxylic acids is 1. The van der Waals surface area contributed by atoms with Gasteiger partial charge in [0.05, 0.1) is 36.4 Å². The Morgan fingerprint density at radius 2 is 2.03 bits per heavy atom. The first kappa shape index (κ1) is 26.8. The van der Waals surface area contributed by atoms with Gasteiger partial charge in [0.25, 0.3) is 4.98 Å². The maximum Gasteiger partial charge on any atom is 0.311 e. The van der Waals surface area contributed by atoms with E-state index in [9.17, 15) is 9.70 Å². The van der Waals surface area contributed by atoms with Crippen LogP contribution in [0.15, 0.2) is 30.5 Å². The molecule has 1 aromatic carbocycles. The Morgan fingerprint density at radius 1 is 1.34 bits per heavy atom. The van der Waals surface area contributed by atoms with Crippen molar-refractivity contribution in [1.29, 1.82) is 0 Å². The summed E-state index contributed by atoms with van der Waals surface area (Å²) in [5, 5.41) is 2.13. The van der Waals surface area contributed by atoms with Crippen LogP contribution in [0.3, 0.4) is 0 Å². The van der Waals surface area contributed by atoms with Crippen LogP contribution < -0.4 is 10.3 Å². The summed E-state index contributed by atoms with van der Waals surface area (Å²) in [6, 6.07) is 7.47. The quantitative estimate of drug-likeness (QED) is 0.212. The summed E-state index contributed by atoms with van der Waals surface area (Å²) in [6.07, 6.45) is 2.27. The smallest absolute Gasteiger partial charge is 0.311 e. The van der Waals surface area contributed by atoms with Gasteiger partial charge in [0.15, 0.2) is 5.75 Å². The lowest BCUT2D eigenvalue weighted by Crippen LogP contribution is -2.49. The fourth-order valence-electron chi connectivity index (χ4n) is 3.57. The largest absolute Gasteiger partial charge is 0.424 e. The number of esters is 1. The number of fused-ring (bicyclic) bond motifs is 1. The number of carbonyl (C=O) groups is 1. The maximum atomic E-state index is 12.7. The average molecular weight is 506 g/mol. The Morgan fingerprint density at radius 3 is 2.69 bits per heavy atom. The number of hydrazine groups is 2. The number of nitrogens with one attached hydrogen (secondary N) is 1. The lowest BCUT2D eigenvalue weighted by atomic mass is 10.00. The van der Waals surface area contributed by atoms with E-state index in [0.717, 1.165) is 16.7 Å². The summed E-state index contributed by atoms with van der Waals surface area (Å²) in [7, 11) is 1.67. The van der Waals surface area contributed by atoms with Gasteiger partial charge in [-0.05, 0) is 57.7 Å². The molecule has 2 atom stereocenters. The Balaban J connectivity index is 1.53. The third-order valence-electron chi connectivity index (χ3n) is 6.03. The van der Waals surface area contributed by atoms with Crippen molar-refractivity contribution in [3.8, 4) is 5.75 Å². The van der Waals surface area contributed by atoms with Crippen LogP contribution in [0.4, 0.5) is 0 Å². The highest BCUT2D eigenvalue weighted by Crippen LogP contribution is 2.41. The van der Waals surface area contributed by atoms with Gasteiger partial charge in [-0.15, -0.1) is 5.01 Å². The van der Waals surface area contributed by atoms with E-state index < -0.39 is 0 Å². The van der Waals surface area contributed by atoms with Crippen LogP contribution in [-0.4, -0.2) is 40.1 Å². The monoisotopic (exact) mass is 505 g/mol. The minimum absolute atomic E-state index is 0.00663. The van der Waals surface area contributed by atoms with Gasteiger partial charge in [0.2, 0.25) is 0 Å². The lowest BCUT2D eigenvalue weighted by Gasteiger charge is -2.22. The highest BCUT2D eigenvalue weighted by Gasteiger charge is 2.31. The van der Waals surface area contributed by atoms with Gasteiger partial charge in [-0.2, -0.15) is 0 Å². The molecule has 0 amide bonds. The highest BCUT2D eigenvalue weighted by atomic mass is 35.5. The molecule has 0 spiro atoms. The van der Waals surface area contributed by atoms with Gasteiger partial charge in [-0.3, -0.25) is 9.78 Å². The molecule has 0 bridgehead atoms. The second-order valence-electron chi connectivity index (χ2n) is 9.83. The van der Waals surface area contributed by atoms with E-state index in [4.69, 9.17) is 25.9 Å². The number of ether oxygens (including phenoxy) is 2. The second-order valence-corrected chi connectivity index (χ2v) is 10.3. The minimum atomic E-state index is -0.350. The predicted molar refractivity (Wildman–Crippen MR) is 131 cm³/mol. The Hall–Kier alpha value is -2.75. The zero-order valence-corrected chi connectivity index (χ0v) is 21.9. The molecule has 0 aliphatic carbocycles. The molecule has 1 aliphatic heterocycles. The van der Waals surface area contributed by atoms with Gasteiger partial charge in [-0.1, -0.05) is 30.7 Å². The normalized spacial score (nSPS) is 15.9. The Labute approximate surface area is 211 Å². The zero-order chi connectivity index (χ0) is 25.8. The summed E-state index contributed by atoms with van der Waals surface area (Å²) in [5.41, 5.74) is 5.32. The molecular weight excluding hydrogens is 472 g/mol. The van der Waals surface area contributed by atoms with Crippen molar-refractivity contribution in [3.05, 3.63) is 62.8 Å². The first-order valence-corrected chi connectivity index (χ1v) is 12.0. The van der Waals surface area contributed by atoms with Gasteiger partial charge in [0, 0.05) is 34.4 Å². The molecule has 1 aliphatic rings. The van der Waals surface area contributed by atoms with Crippen molar-refractivity contribution >= 4 is 17.6 Å². The summed E-state index contributed by atoms with van der Waals surface area (Å²) in [4.78, 5) is 34.9. The van der Waals surface area contributed by atoms with Crippen molar-refractivity contribution in [2.75, 3.05) is 13.7 Å². The molecule has 0 saturated heterocycles. The van der Waals surface area contributed by atoms with Gasteiger partial charge >= 0.3 is 5.97 Å². The SMILES string of the molecule is Cc1ncc2c(c1OC(=O)C[C@@H](C)CCON[N+](=O)N(C)C(C)(C)C)CO[C@H]2c1ccc(Cl)cc1. The average Bonchev–Trinajstić information content (AvgIpc) is 3.22. The van der Waals surface area contributed by atoms with E-state index in [2.05, 4.69) is 10.6 Å². The van der Waals surface area contributed by atoms with E-state index in [-0.39, 0.29) is 36.6 Å². The summed E-state index contributed by atoms with van der Waals surface area (Å²) in [5.74, 6) is 0.103. The molecule has 10 heteroatoms. The van der Waals surface area contributed by atoms with Crippen LogP contribution in [0, 0.1) is 17.7 Å². The third-order valence-corrected chi connectivity index (χ3v) is 6.28. The fourth-order valence-corrected chi connectivity index (χ4v) is 3.70. The van der Waals surface area contributed by atoms with Gasteiger partial charge < -0.3 is 9.47 Å². The fraction of sp³-hybridized carbons (Fsp3) is 0.520. The number of hydrogen-bond donors (Lipinski definition) is 1. The number of hydrogen-bond acceptors (Lipinski definition) is 6. The molecule has 1 aromatic heterocycles. The highest BCUT2D eigenvalue weighted by molar-refractivity contribution is 6.30. The van der Waals surface area contributed by atoms with E-state index in [1.807, 2.05) is 58.9 Å². The maximum absolute atomic E-state index is 12.7. The Kier molecular flexibility index (Phi) is 8.69. The first-order chi connectivity index (χ1) is 16.5. The molecular formula is C25H34ClN4O5+. The van der Waals surface area contributed by atoms with E-state index >= 15 is 0 Å². The molecule has 0 unspecified atom stereocenters. The van der Waals surface area contributed by atoms with Crippen LogP contribution in [0.2, 0.25) is 5.02 Å². The standard InChI is InChI=1S/C25H34ClN4O5/c1-16(11-12-34-28-30(32)29(6)25(3,4)5)13-22(31)35-23-17(2)27-14-20-21(23)15-33-24(20)18-7-9-19(26)10-8-18/h7-10,14,16,24H,11-13,15H2,1-6H3,(H,28,32)/q+1/t16-,24-/m0/s1. The molecule has 1 N–H and O–H groups in total. The third kappa shape index (κ3) is 6.90. The number of aromatic nitrogens is 1. The summed E-state index contributed by atoms with van der Waals surface area (Å²) < 4.78 is 11.8. The predicted octanol–water partition coefficient (Wildman–Crippen LogP) is 4.85. The van der Waals surface area contributed by atoms with Crippen LogP contribution in [0.5, 0.6) is 5.75 Å². The molecule has 0 saturated carbocycles. The van der Waals surface area contributed by atoms with Crippen LogP contribution in [-0.2, 0) is 21.0 Å². The lowest BCUT2D eigenvalue weighted by molar-refractivity contribution is -0.795. The number of aryl methyl sites for hydroxylation is 1. The van der Waals surface area contributed by atoms with Gasteiger partial charge in [-0.25, -0.2) is 4.84 Å². The van der Waals surface area contributed by atoms with Crippen molar-refractivity contribution in [2.45, 2.75) is 65.7 Å². The topological polar surface area (TPSA) is 93.0 Å². The number of nitrogens with zero attached hydrogens (tertiary/aromatic N) is 3. The minimum Gasteiger partial charge on any atom is -0.424 e. The van der Waals surface area contributed by atoms with Crippen molar-refractivity contribution < 1.29 is 24.1 Å². The van der Waals surface area contributed by atoms with E-state index in [1.165, 1.54) is 5.01 Å². The van der Waals surface area contributed by atoms with Crippen LogP contribution in [0.1, 0.15) is 69.0 Å². The number of halogens is 1. The molecule has 9 nitrogen and oxygen atoms in total. The number of pyridine rings is 1. The Bertz CT molecular complexity index is 1060. The number of benzene rings is 1. The zero-order valence-electron chi connectivity index (χ0n) is 21.1. The van der Waals surface area contributed by atoms with Crippen LogP contribution >= 0.6 is 11.6 Å². The summed E-state index contributed by atoms with van der Waals surface area (Å²) >= 11 is 6.01. The van der Waals surface area contributed by atoms with Crippen LogP contribution in [0.25, 0.3) is 0 Å². The van der Waals surface area contributed by atoms with Crippen molar-refractivity contribution in [1.82, 2.24) is 15.6 Å².